The summed E-state index contributed by atoms with van der Waals surface area (Å²) in [6.07, 6.45) is 1.32. The summed E-state index contributed by atoms with van der Waals surface area (Å²) in [7, 11) is 0. The van der Waals surface area contributed by atoms with E-state index in [1.807, 2.05) is 6.92 Å². The van der Waals surface area contributed by atoms with Crippen molar-refractivity contribution in [3.63, 3.8) is 0 Å². The fourth-order valence-corrected chi connectivity index (χ4v) is 3.06. The van der Waals surface area contributed by atoms with Gasteiger partial charge in [0.05, 0.1) is 28.0 Å². The van der Waals surface area contributed by atoms with Crippen molar-refractivity contribution in [2.24, 2.45) is 0 Å². The number of rotatable bonds is 5. The van der Waals surface area contributed by atoms with Crippen LogP contribution in [-0.4, -0.2) is 25.5 Å². The van der Waals surface area contributed by atoms with Crippen LogP contribution in [0.15, 0.2) is 22.8 Å². The molecule has 11 heteroatoms. The molecule has 2 heterocycles. The number of nitrogens with one attached hydrogen (secondary N) is 1. The Hall–Kier alpha value is -2.69. The van der Waals surface area contributed by atoms with E-state index in [0.29, 0.717) is 0 Å². The number of halogens is 5. The van der Waals surface area contributed by atoms with Gasteiger partial charge in [0.15, 0.2) is 29.1 Å². The van der Waals surface area contributed by atoms with Gasteiger partial charge in [-0.15, -0.1) is 0 Å². The van der Waals surface area contributed by atoms with Gasteiger partial charge in [-0.3, -0.25) is 14.2 Å². The number of hydrogen-bond donors (Lipinski definition) is 1. The number of aromatic nitrogens is 4. The van der Waals surface area contributed by atoms with Gasteiger partial charge in [0.25, 0.3) is 0 Å². The molecule has 1 unspecified atom stereocenters. The monoisotopic (exact) mass is 473 g/mol. The van der Waals surface area contributed by atoms with Crippen LogP contribution in [0, 0.1) is 37.1 Å². The number of nitrogens with zero attached hydrogens (tertiary/aromatic N) is 4. The zero-order valence-corrected chi connectivity index (χ0v) is 17.2. The zero-order chi connectivity index (χ0) is 21.5. The Kier molecular flexibility index (Phi) is 5.78. The molecule has 1 N–H and O–H groups in total. The molecule has 29 heavy (non-hydrogen) atoms. The molecule has 0 radical (unpaired) electrons. The predicted molar refractivity (Wildman–Crippen MR) is 100 cm³/mol. The number of anilines is 1. The van der Waals surface area contributed by atoms with E-state index in [1.165, 1.54) is 12.3 Å². The van der Waals surface area contributed by atoms with Gasteiger partial charge in [-0.2, -0.15) is 10.2 Å². The van der Waals surface area contributed by atoms with Crippen LogP contribution in [0.2, 0.25) is 0 Å². The highest BCUT2D eigenvalue weighted by molar-refractivity contribution is 9.10. The Morgan fingerprint density at radius 1 is 1.17 bits per heavy atom. The average Bonchev–Trinajstić information content (AvgIpc) is 3.22. The summed E-state index contributed by atoms with van der Waals surface area (Å²) in [6.45, 7) is 4.71. The van der Waals surface area contributed by atoms with E-state index in [4.69, 9.17) is 0 Å². The van der Waals surface area contributed by atoms with Gasteiger partial charge in [0.2, 0.25) is 5.91 Å². The molecule has 3 rings (SSSR count). The van der Waals surface area contributed by atoms with E-state index in [0.717, 1.165) is 20.5 Å². The molecule has 0 spiro atoms. The lowest BCUT2D eigenvalue weighted by Crippen LogP contribution is -2.25. The molecule has 3 aromatic rings. The molecule has 0 aliphatic carbocycles. The third-order valence-electron chi connectivity index (χ3n) is 4.40. The zero-order valence-electron chi connectivity index (χ0n) is 15.6. The molecular formula is C18H16BrF4N5O. The van der Waals surface area contributed by atoms with Gasteiger partial charge < -0.3 is 5.32 Å². The molecule has 0 aliphatic rings. The first kappa shape index (κ1) is 21.0. The van der Waals surface area contributed by atoms with Crippen LogP contribution >= 0.6 is 15.9 Å². The quantitative estimate of drug-likeness (QED) is 0.444. The third-order valence-corrected chi connectivity index (χ3v) is 5.55. The second-order valence-electron chi connectivity index (χ2n) is 6.44. The summed E-state index contributed by atoms with van der Waals surface area (Å²) in [5.74, 6) is -6.28. The highest BCUT2D eigenvalue weighted by Crippen LogP contribution is 2.24. The average molecular weight is 474 g/mol. The lowest BCUT2D eigenvalue weighted by molar-refractivity contribution is -0.119. The maximum Gasteiger partial charge on any atom is 0.250 e. The second-order valence-corrected chi connectivity index (χ2v) is 7.23. The van der Waals surface area contributed by atoms with Crippen LogP contribution in [0.5, 0.6) is 0 Å². The summed E-state index contributed by atoms with van der Waals surface area (Å²) < 4.78 is 57.7. The standard InChI is InChI=1S/C18H16BrF4N5O/c1-8-15(19)9(2)28(25-8)10(3)18(29)24-14-4-5-27(26-14)7-11-16(22)12(20)6-13(21)17(11)23/h4-6,10H,7H2,1-3H3,(H,24,26,29). The van der Waals surface area contributed by atoms with Crippen molar-refractivity contribution < 1.29 is 22.4 Å². The Morgan fingerprint density at radius 3 is 2.34 bits per heavy atom. The Labute approximate surface area is 171 Å². The van der Waals surface area contributed by atoms with E-state index in [1.54, 1.807) is 18.5 Å². The summed E-state index contributed by atoms with van der Waals surface area (Å²) in [6, 6.07) is 0.881. The molecule has 0 saturated heterocycles. The van der Waals surface area contributed by atoms with Gasteiger partial charge in [-0.05, 0) is 36.7 Å². The van der Waals surface area contributed by atoms with Crippen LogP contribution in [0.3, 0.4) is 0 Å². The van der Waals surface area contributed by atoms with Crippen molar-refractivity contribution in [1.82, 2.24) is 19.6 Å². The van der Waals surface area contributed by atoms with E-state index in [9.17, 15) is 22.4 Å². The molecule has 0 saturated carbocycles. The second kappa shape index (κ2) is 7.97. The smallest absolute Gasteiger partial charge is 0.250 e. The van der Waals surface area contributed by atoms with Gasteiger partial charge >= 0.3 is 0 Å². The predicted octanol–water partition coefficient (Wildman–Crippen LogP) is 4.26. The minimum Gasteiger partial charge on any atom is -0.307 e. The first-order chi connectivity index (χ1) is 13.6. The molecule has 1 atom stereocenters. The Balaban J connectivity index is 1.76. The molecule has 0 fully saturated rings. The van der Waals surface area contributed by atoms with Crippen LogP contribution in [0.4, 0.5) is 23.4 Å². The normalized spacial score (nSPS) is 12.3. The van der Waals surface area contributed by atoms with Gasteiger partial charge in [-0.1, -0.05) is 0 Å². The fraction of sp³-hybridized carbons (Fsp3) is 0.278. The van der Waals surface area contributed by atoms with Crippen LogP contribution in [0.1, 0.15) is 29.9 Å². The maximum atomic E-state index is 13.8. The van der Waals surface area contributed by atoms with Crippen molar-refractivity contribution in [3.8, 4) is 0 Å². The topological polar surface area (TPSA) is 64.7 Å². The van der Waals surface area contributed by atoms with Crippen LogP contribution in [0.25, 0.3) is 0 Å². The highest BCUT2D eigenvalue weighted by atomic mass is 79.9. The molecule has 154 valence electrons. The van der Waals surface area contributed by atoms with E-state index in [2.05, 4.69) is 31.4 Å². The molecular weight excluding hydrogens is 458 g/mol. The number of hydrogen-bond acceptors (Lipinski definition) is 3. The number of carbonyl (C=O) groups is 1. The van der Waals surface area contributed by atoms with Crippen molar-refractivity contribution in [2.45, 2.75) is 33.4 Å². The van der Waals surface area contributed by atoms with E-state index < -0.39 is 47.3 Å². The number of aryl methyl sites for hydroxylation is 1. The maximum absolute atomic E-state index is 13.8. The highest BCUT2D eigenvalue weighted by Gasteiger charge is 2.22. The summed E-state index contributed by atoms with van der Waals surface area (Å²) in [5.41, 5.74) is 0.705. The summed E-state index contributed by atoms with van der Waals surface area (Å²) in [4.78, 5) is 12.5. The molecule has 0 aliphatic heterocycles. The molecule has 6 nitrogen and oxygen atoms in total. The summed E-state index contributed by atoms with van der Waals surface area (Å²) >= 11 is 3.40. The van der Waals surface area contributed by atoms with Crippen LogP contribution < -0.4 is 5.32 Å². The number of amides is 1. The minimum absolute atomic E-state index is 0.111. The number of carbonyl (C=O) groups excluding carboxylic acids is 1. The van der Waals surface area contributed by atoms with Crippen molar-refractivity contribution in [2.75, 3.05) is 5.32 Å². The van der Waals surface area contributed by atoms with E-state index in [-0.39, 0.29) is 11.9 Å². The van der Waals surface area contributed by atoms with Crippen molar-refractivity contribution in [3.05, 3.63) is 63.0 Å². The number of benzene rings is 1. The molecule has 1 aromatic carbocycles. The largest absolute Gasteiger partial charge is 0.307 e. The van der Waals surface area contributed by atoms with Crippen molar-refractivity contribution in [1.29, 1.82) is 0 Å². The van der Waals surface area contributed by atoms with E-state index >= 15 is 0 Å². The molecule has 1 amide bonds. The van der Waals surface area contributed by atoms with Gasteiger partial charge in [-0.25, -0.2) is 17.6 Å². The molecule has 0 bridgehead atoms. The summed E-state index contributed by atoms with van der Waals surface area (Å²) in [5, 5.41) is 10.8. The van der Waals surface area contributed by atoms with Crippen LogP contribution in [-0.2, 0) is 11.3 Å². The third kappa shape index (κ3) is 4.04. The minimum atomic E-state index is -1.50. The van der Waals surface area contributed by atoms with Crippen molar-refractivity contribution >= 4 is 27.7 Å². The SMILES string of the molecule is Cc1nn(C(C)C(=O)Nc2ccn(Cc3c(F)c(F)cc(F)c3F)n2)c(C)c1Br. The first-order valence-corrected chi connectivity index (χ1v) is 9.26. The fourth-order valence-electron chi connectivity index (χ4n) is 2.80. The first-order valence-electron chi connectivity index (χ1n) is 8.47. The molecule has 2 aromatic heterocycles. The lowest BCUT2D eigenvalue weighted by atomic mass is 10.2. The Morgan fingerprint density at radius 2 is 1.79 bits per heavy atom. The van der Waals surface area contributed by atoms with Gasteiger partial charge in [0, 0.05) is 18.3 Å². The lowest BCUT2D eigenvalue weighted by Gasteiger charge is -2.13. The van der Waals surface area contributed by atoms with Gasteiger partial charge in [0.1, 0.15) is 6.04 Å². The Bertz CT molecular complexity index is 1070.